The third-order valence-corrected chi connectivity index (χ3v) is 4.56. The molecule has 3 N–H and O–H groups in total. The van der Waals surface area contributed by atoms with E-state index in [0.717, 1.165) is 5.56 Å². The summed E-state index contributed by atoms with van der Waals surface area (Å²) >= 11 is 6.13. The molecule has 162 valence electrons. The zero-order chi connectivity index (χ0) is 22.1. The first kappa shape index (κ1) is 23.5. The number of rotatable bonds is 9. The van der Waals surface area contributed by atoms with Crippen LogP contribution in [0.2, 0.25) is 5.02 Å². The van der Waals surface area contributed by atoms with Crippen LogP contribution in [0.25, 0.3) is 0 Å². The number of anilines is 1. The second kappa shape index (κ2) is 11.4. The molecule has 30 heavy (non-hydrogen) atoms. The van der Waals surface area contributed by atoms with Crippen LogP contribution in [-0.2, 0) is 9.47 Å². The molecule has 0 spiro atoms. The van der Waals surface area contributed by atoms with Crippen molar-refractivity contribution in [3.63, 3.8) is 0 Å². The molecule has 2 rings (SSSR count). The van der Waals surface area contributed by atoms with E-state index in [2.05, 4.69) is 15.4 Å². The molecule has 0 bridgehead atoms. The normalized spacial score (nSPS) is 12.6. The van der Waals surface area contributed by atoms with E-state index in [-0.39, 0.29) is 41.3 Å². The van der Waals surface area contributed by atoms with Gasteiger partial charge in [-0.15, -0.1) is 0 Å². The van der Waals surface area contributed by atoms with Crippen molar-refractivity contribution in [1.29, 1.82) is 0 Å². The lowest BCUT2D eigenvalue weighted by Crippen LogP contribution is -2.37. The standard InChI is InChI=1S/C21H25ClN2O6/c1-13(14-7-5-4-6-8-14)30-12-15(25)11-23-21(27)24-18-10-19(28-2)16(9-17(18)22)20(26)29-3/h4-10,13,15,25H,11-12H2,1-3H3,(H2,23,24,27)/t13-,15+/m1/s1. The monoisotopic (exact) mass is 436 g/mol. The second-order valence-electron chi connectivity index (χ2n) is 6.40. The number of esters is 1. The van der Waals surface area contributed by atoms with Crippen LogP contribution < -0.4 is 15.4 Å². The zero-order valence-corrected chi connectivity index (χ0v) is 17.7. The van der Waals surface area contributed by atoms with E-state index in [1.165, 1.54) is 26.4 Å². The minimum Gasteiger partial charge on any atom is -0.496 e. The van der Waals surface area contributed by atoms with Gasteiger partial charge in [-0.2, -0.15) is 0 Å². The number of carbonyl (C=O) groups is 2. The predicted octanol–water partition coefficient (Wildman–Crippen LogP) is 3.40. The number of carbonyl (C=O) groups excluding carboxylic acids is 2. The molecule has 0 saturated heterocycles. The molecule has 2 amide bonds. The highest BCUT2D eigenvalue weighted by molar-refractivity contribution is 6.34. The lowest BCUT2D eigenvalue weighted by atomic mass is 10.1. The van der Waals surface area contributed by atoms with Gasteiger partial charge in [-0.05, 0) is 18.6 Å². The van der Waals surface area contributed by atoms with Gasteiger partial charge in [0.25, 0.3) is 0 Å². The minimum absolute atomic E-state index is 0.0255. The summed E-state index contributed by atoms with van der Waals surface area (Å²) in [6, 6.07) is 11.8. The van der Waals surface area contributed by atoms with E-state index in [1.807, 2.05) is 37.3 Å². The number of halogens is 1. The van der Waals surface area contributed by atoms with Crippen LogP contribution >= 0.6 is 11.6 Å². The van der Waals surface area contributed by atoms with Crippen LogP contribution in [0.4, 0.5) is 10.5 Å². The van der Waals surface area contributed by atoms with Crippen LogP contribution in [0, 0.1) is 0 Å². The average Bonchev–Trinajstić information content (AvgIpc) is 2.77. The van der Waals surface area contributed by atoms with Gasteiger partial charge in [0.2, 0.25) is 0 Å². The van der Waals surface area contributed by atoms with Gasteiger partial charge >= 0.3 is 12.0 Å². The number of urea groups is 1. The van der Waals surface area contributed by atoms with Crippen molar-refractivity contribution in [2.24, 2.45) is 0 Å². The first-order valence-corrected chi connectivity index (χ1v) is 9.58. The SMILES string of the molecule is COC(=O)c1cc(Cl)c(NC(=O)NC[C@H](O)CO[C@H](C)c2ccccc2)cc1OC. The van der Waals surface area contributed by atoms with Crippen molar-refractivity contribution in [2.75, 3.05) is 32.7 Å². The number of amides is 2. The molecule has 0 aliphatic rings. The summed E-state index contributed by atoms with van der Waals surface area (Å²) in [7, 11) is 2.62. The Hall–Kier alpha value is -2.81. The number of benzene rings is 2. The number of nitrogens with one attached hydrogen (secondary N) is 2. The average molecular weight is 437 g/mol. The molecule has 0 heterocycles. The number of ether oxygens (including phenoxy) is 3. The van der Waals surface area contributed by atoms with E-state index in [0.29, 0.717) is 0 Å². The van der Waals surface area contributed by atoms with Gasteiger partial charge in [-0.1, -0.05) is 41.9 Å². The molecule has 2 aromatic carbocycles. The Kier molecular flexibility index (Phi) is 8.91. The highest BCUT2D eigenvalue weighted by Gasteiger charge is 2.18. The number of methoxy groups -OCH3 is 2. The summed E-state index contributed by atoms with van der Waals surface area (Å²) < 4.78 is 15.5. The molecular weight excluding hydrogens is 412 g/mol. The molecule has 0 radical (unpaired) electrons. The van der Waals surface area contributed by atoms with Crippen molar-refractivity contribution >= 4 is 29.3 Å². The summed E-state index contributed by atoms with van der Waals surface area (Å²) in [5, 5.41) is 15.3. The molecule has 0 aliphatic carbocycles. The number of aliphatic hydroxyl groups is 1. The van der Waals surface area contributed by atoms with Crippen LogP contribution in [0.15, 0.2) is 42.5 Å². The van der Waals surface area contributed by atoms with Gasteiger partial charge in [0.15, 0.2) is 0 Å². The maximum absolute atomic E-state index is 12.1. The molecule has 2 aromatic rings. The summed E-state index contributed by atoms with van der Waals surface area (Å²) in [5.41, 5.74) is 1.37. The molecule has 0 aromatic heterocycles. The van der Waals surface area contributed by atoms with Crippen molar-refractivity contribution in [1.82, 2.24) is 5.32 Å². The predicted molar refractivity (Wildman–Crippen MR) is 113 cm³/mol. The van der Waals surface area contributed by atoms with Crippen LogP contribution in [0.3, 0.4) is 0 Å². The largest absolute Gasteiger partial charge is 0.496 e. The molecule has 0 saturated carbocycles. The van der Waals surface area contributed by atoms with Gasteiger partial charge in [0, 0.05) is 12.6 Å². The summed E-state index contributed by atoms with van der Waals surface area (Å²) in [6.07, 6.45) is -1.08. The van der Waals surface area contributed by atoms with E-state index in [9.17, 15) is 14.7 Å². The van der Waals surface area contributed by atoms with Crippen LogP contribution in [-0.4, -0.2) is 50.6 Å². The molecular formula is C21H25ClN2O6. The first-order chi connectivity index (χ1) is 14.3. The molecule has 0 aliphatic heterocycles. The van der Waals surface area contributed by atoms with Gasteiger partial charge in [0.05, 0.1) is 43.7 Å². The van der Waals surface area contributed by atoms with E-state index < -0.39 is 18.1 Å². The van der Waals surface area contributed by atoms with Crippen molar-refractivity contribution in [3.8, 4) is 5.75 Å². The Balaban J connectivity index is 1.86. The van der Waals surface area contributed by atoms with E-state index in [4.69, 9.17) is 21.1 Å². The Morgan fingerprint density at radius 3 is 2.50 bits per heavy atom. The van der Waals surface area contributed by atoms with Crippen LogP contribution in [0.5, 0.6) is 5.75 Å². The van der Waals surface area contributed by atoms with Gasteiger partial charge in [0.1, 0.15) is 11.3 Å². The fourth-order valence-corrected chi connectivity index (χ4v) is 2.81. The summed E-state index contributed by atoms with van der Waals surface area (Å²) in [6.45, 7) is 1.91. The number of hydrogen-bond donors (Lipinski definition) is 3. The molecule has 0 fully saturated rings. The fourth-order valence-electron chi connectivity index (χ4n) is 2.60. The minimum atomic E-state index is -0.895. The van der Waals surface area contributed by atoms with Gasteiger partial charge in [-0.25, -0.2) is 9.59 Å². The molecule has 2 atom stereocenters. The number of aliphatic hydroxyl groups excluding tert-OH is 1. The smallest absolute Gasteiger partial charge is 0.341 e. The van der Waals surface area contributed by atoms with E-state index >= 15 is 0 Å². The van der Waals surface area contributed by atoms with Gasteiger partial charge in [-0.3, -0.25) is 0 Å². The Bertz CT molecular complexity index is 862. The summed E-state index contributed by atoms with van der Waals surface area (Å²) in [5.74, 6) is -0.414. The molecule has 8 nitrogen and oxygen atoms in total. The quantitative estimate of drug-likeness (QED) is 0.520. The Labute approximate surface area is 180 Å². The lowest BCUT2D eigenvalue weighted by molar-refractivity contribution is -0.000953. The van der Waals surface area contributed by atoms with Crippen molar-refractivity contribution in [2.45, 2.75) is 19.1 Å². The molecule has 0 unspecified atom stereocenters. The number of hydrogen-bond acceptors (Lipinski definition) is 6. The third-order valence-electron chi connectivity index (χ3n) is 4.25. The second-order valence-corrected chi connectivity index (χ2v) is 6.81. The third kappa shape index (κ3) is 6.62. The fraction of sp³-hybridized carbons (Fsp3) is 0.333. The lowest BCUT2D eigenvalue weighted by Gasteiger charge is -2.18. The Morgan fingerprint density at radius 1 is 1.17 bits per heavy atom. The van der Waals surface area contributed by atoms with Crippen molar-refractivity contribution in [3.05, 3.63) is 58.6 Å². The maximum atomic E-state index is 12.1. The van der Waals surface area contributed by atoms with Gasteiger partial charge < -0.3 is 30.0 Å². The highest BCUT2D eigenvalue weighted by atomic mass is 35.5. The van der Waals surface area contributed by atoms with Crippen LogP contribution in [0.1, 0.15) is 28.9 Å². The highest BCUT2D eigenvalue weighted by Crippen LogP contribution is 2.31. The first-order valence-electron chi connectivity index (χ1n) is 9.21. The van der Waals surface area contributed by atoms with Crippen molar-refractivity contribution < 1.29 is 28.9 Å². The van der Waals surface area contributed by atoms with E-state index in [1.54, 1.807) is 0 Å². The molecule has 9 heteroatoms. The Morgan fingerprint density at radius 2 is 1.87 bits per heavy atom. The summed E-state index contributed by atoms with van der Waals surface area (Å²) in [4.78, 5) is 23.9. The maximum Gasteiger partial charge on any atom is 0.341 e. The zero-order valence-electron chi connectivity index (χ0n) is 17.0. The topological polar surface area (TPSA) is 106 Å².